The topological polar surface area (TPSA) is 73.8 Å². The van der Waals surface area contributed by atoms with Crippen molar-refractivity contribution >= 4 is 17.1 Å². The molecule has 0 atom stereocenters. The molecule has 0 spiro atoms. The van der Waals surface area contributed by atoms with E-state index in [-0.39, 0.29) is 11.2 Å². The van der Waals surface area contributed by atoms with Gasteiger partial charge in [0.15, 0.2) is 11.2 Å². The lowest BCUT2D eigenvalue weighted by Gasteiger charge is -2.09. The smallest absolute Gasteiger partial charge is 0.332 e. The van der Waals surface area contributed by atoms with E-state index in [0.717, 1.165) is 0 Å². The summed E-state index contributed by atoms with van der Waals surface area (Å²) in [4.78, 5) is 29.0. The minimum absolute atomic E-state index is 0.275. The van der Waals surface area contributed by atoms with E-state index in [2.05, 4.69) is 10.3 Å². The van der Waals surface area contributed by atoms with Gasteiger partial charge in [0.25, 0.3) is 5.56 Å². The van der Waals surface area contributed by atoms with E-state index < -0.39 is 0 Å². The van der Waals surface area contributed by atoms with Gasteiger partial charge in [-0.25, -0.2) is 4.79 Å². The first-order chi connectivity index (χ1) is 9.10. The van der Waals surface area contributed by atoms with Crippen molar-refractivity contribution in [3.05, 3.63) is 20.8 Å². The number of aryl methyl sites for hydroxylation is 2. The first-order valence-corrected chi connectivity index (χ1v) is 6.52. The van der Waals surface area contributed by atoms with Crippen molar-refractivity contribution in [2.75, 3.05) is 12.4 Å². The van der Waals surface area contributed by atoms with Gasteiger partial charge in [-0.15, -0.1) is 0 Å². The summed E-state index contributed by atoms with van der Waals surface area (Å²) in [5.41, 5.74) is 0.359. The zero-order chi connectivity index (χ0) is 14.2. The molecule has 2 aromatic rings. The van der Waals surface area contributed by atoms with E-state index in [1.807, 2.05) is 13.8 Å². The molecule has 19 heavy (non-hydrogen) atoms. The fraction of sp³-hybridized carbons (Fsp3) is 0.583. The van der Waals surface area contributed by atoms with Crippen LogP contribution in [0.5, 0.6) is 0 Å². The number of imidazole rings is 1. The number of nitrogens with one attached hydrogen (secondary N) is 1. The van der Waals surface area contributed by atoms with Crippen LogP contribution in [-0.4, -0.2) is 25.7 Å². The second-order valence-corrected chi connectivity index (χ2v) is 4.18. The van der Waals surface area contributed by atoms with Gasteiger partial charge in [0.05, 0.1) is 0 Å². The first kappa shape index (κ1) is 13.4. The maximum atomic E-state index is 12.4. The predicted molar refractivity (Wildman–Crippen MR) is 74.8 cm³/mol. The first-order valence-electron chi connectivity index (χ1n) is 6.52. The lowest BCUT2D eigenvalue weighted by Crippen LogP contribution is -2.40. The average molecular weight is 265 g/mol. The molecule has 0 aliphatic heterocycles. The summed E-state index contributed by atoms with van der Waals surface area (Å²) in [5, 5.41) is 2.96. The van der Waals surface area contributed by atoms with Crippen LogP contribution >= 0.6 is 0 Å². The molecule has 0 aliphatic carbocycles. The molecule has 7 nitrogen and oxygen atoms in total. The largest absolute Gasteiger partial charge is 0.359 e. The van der Waals surface area contributed by atoms with Crippen LogP contribution in [-0.2, 0) is 19.6 Å². The third-order valence-electron chi connectivity index (χ3n) is 3.29. The van der Waals surface area contributed by atoms with E-state index in [0.29, 0.717) is 36.7 Å². The Morgan fingerprint density at radius 2 is 1.58 bits per heavy atom. The van der Waals surface area contributed by atoms with E-state index in [4.69, 9.17) is 0 Å². The zero-order valence-corrected chi connectivity index (χ0v) is 11.7. The van der Waals surface area contributed by atoms with Gasteiger partial charge in [-0.2, -0.15) is 4.98 Å². The summed E-state index contributed by atoms with van der Waals surface area (Å²) in [6, 6.07) is 0. The summed E-state index contributed by atoms with van der Waals surface area (Å²) >= 11 is 0. The molecule has 0 aromatic carbocycles. The molecule has 1 N–H and O–H groups in total. The lowest BCUT2D eigenvalue weighted by atomic mass is 10.4. The van der Waals surface area contributed by atoms with Crippen molar-refractivity contribution in [1.29, 1.82) is 0 Å². The Kier molecular flexibility index (Phi) is 3.46. The predicted octanol–water partition coefficient (Wildman–Crippen LogP) is 0.461. The van der Waals surface area contributed by atoms with Gasteiger partial charge in [-0.3, -0.25) is 13.9 Å². The number of aromatic nitrogens is 4. The molecule has 0 saturated heterocycles. The summed E-state index contributed by atoms with van der Waals surface area (Å²) in [6.07, 6.45) is 0. The van der Waals surface area contributed by atoms with Crippen molar-refractivity contribution in [3.8, 4) is 0 Å². The Bertz CT molecular complexity index is 722. The maximum Gasteiger partial charge on any atom is 0.332 e. The van der Waals surface area contributed by atoms with Crippen molar-refractivity contribution in [3.63, 3.8) is 0 Å². The van der Waals surface area contributed by atoms with Crippen LogP contribution in [0.15, 0.2) is 9.59 Å². The minimum Gasteiger partial charge on any atom is -0.359 e. The average Bonchev–Trinajstić information content (AvgIpc) is 2.78. The van der Waals surface area contributed by atoms with Gasteiger partial charge < -0.3 is 9.88 Å². The quantitative estimate of drug-likeness (QED) is 0.871. The highest BCUT2D eigenvalue weighted by molar-refractivity contribution is 5.74. The molecule has 0 radical (unpaired) electrons. The van der Waals surface area contributed by atoms with Gasteiger partial charge in [0.1, 0.15) is 0 Å². The minimum atomic E-state index is -0.300. The molecule has 2 rings (SSSR count). The van der Waals surface area contributed by atoms with Crippen LogP contribution in [0.25, 0.3) is 11.2 Å². The molecular weight excluding hydrogens is 246 g/mol. The number of nitrogens with zero attached hydrogens (tertiary/aromatic N) is 4. The van der Waals surface area contributed by atoms with E-state index >= 15 is 0 Å². The van der Waals surface area contributed by atoms with Crippen molar-refractivity contribution in [2.45, 2.75) is 40.4 Å². The molecular formula is C12H19N5O2. The number of hydrogen-bond donors (Lipinski definition) is 1. The monoisotopic (exact) mass is 265 g/mol. The molecule has 2 heterocycles. The zero-order valence-electron chi connectivity index (χ0n) is 11.7. The van der Waals surface area contributed by atoms with Crippen LogP contribution in [0, 0.1) is 0 Å². The third-order valence-corrected chi connectivity index (χ3v) is 3.29. The molecule has 104 valence electrons. The van der Waals surface area contributed by atoms with E-state index in [1.165, 1.54) is 9.13 Å². The fourth-order valence-corrected chi connectivity index (χ4v) is 2.35. The van der Waals surface area contributed by atoms with Crippen LogP contribution in [0.3, 0.4) is 0 Å². The Labute approximate surface area is 110 Å². The molecule has 0 unspecified atom stereocenters. The standard InChI is InChI=1S/C12H19N5O2/c1-5-15-8-9(14-11(15)13-4)16(6-2)12(19)17(7-3)10(8)18/h5-7H2,1-4H3,(H,13,14). The number of fused-ring (bicyclic) bond motifs is 1. The van der Waals surface area contributed by atoms with Gasteiger partial charge in [0, 0.05) is 26.7 Å². The summed E-state index contributed by atoms with van der Waals surface area (Å²) in [6.45, 7) is 7.07. The summed E-state index contributed by atoms with van der Waals surface area (Å²) in [5.74, 6) is 0.602. The highest BCUT2D eigenvalue weighted by atomic mass is 16.2. The fourth-order valence-electron chi connectivity index (χ4n) is 2.35. The van der Waals surface area contributed by atoms with Gasteiger partial charge in [-0.1, -0.05) is 0 Å². The Hall–Kier alpha value is -2.05. The summed E-state index contributed by atoms with van der Waals surface area (Å²) in [7, 11) is 1.75. The maximum absolute atomic E-state index is 12.4. The molecule has 0 bridgehead atoms. The number of hydrogen-bond acceptors (Lipinski definition) is 4. The van der Waals surface area contributed by atoms with Gasteiger partial charge in [-0.05, 0) is 20.8 Å². The van der Waals surface area contributed by atoms with Gasteiger partial charge >= 0.3 is 5.69 Å². The highest BCUT2D eigenvalue weighted by Gasteiger charge is 2.18. The normalized spacial score (nSPS) is 11.2. The highest BCUT2D eigenvalue weighted by Crippen LogP contribution is 2.15. The van der Waals surface area contributed by atoms with Crippen LogP contribution in [0.4, 0.5) is 5.95 Å². The van der Waals surface area contributed by atoms with E-state index in [1.54, 1.807) is 18.5 Å². The van der Waals surface area contributed by atoms with E-state index in [9.17, 15) is 9.59 Å². The van der Waals surface area contributed by atoms with Crippen molar-refractivity contribution in [2.24, 2.45) is 0 Å². The number of rotatable bonds is 4. The van der Waals surface area contributed by atoms with Gasteiger partial charge in [0.2, 0.25) is 5.95 Å². The SMILES string of the molecule is CCn1c(=O)c2c(nc(NC)n2CC)n(CC)c1=O. The van der Waals surface area contributed by atoms with Crippen LogP contribution in [0.2, 0.25) is 0 Å². The van der Waals surface area contributed by atoms with Crippen molar-refractivity contribution in [1.82, 2.24) is 18.7 Å². The molecule has 7 heteroatoms. The third kappa shape index (κ3) is 1.76. The second-order valence-electron chi connectivity index (χ2n) is 4.18. The Balaban J connectivity index is 3.07. The molecule has 0 amide bonds. The second kappa shape index (κ2) is 4.91. The lowest BCUT2D eigenvalue weighted by molar-refractivity contribution is 0.603. The Morgan fingerprint density at radius 3 is 2.05 bits per heavy atom. The molecule has 0 fully saturated rings. The molecule has 0 saturated carbocycles. The molecule has 0 aliphatic rings. The molecule has 2 aromatic heterocycles. The number of anilines is 1. The van der Waals surface area contributed by atoms with Crippen molar-refractivity contribution < 1.29 is 0 Å². The van der Waals surface area contributed by atoms with Crippen LogP contribution < -0.4 is 16.6 Å². The van der Waals surface area contributed by atoms with Crippen LogP contribution in [0.1, 0.15) is 20.8 Å². The summed E-state index contributed by atoms with van der Waals surface area (Å²) < 4.78 is 4.59. The Morgan fingerprint density at radius 1 is 1.00 bits per heavy atom.